The Morgan fingerprint density at radius 1 is 1.45 bits per heavy atom. The molecule has 1 aliphatic rings. The molecule has 22 heavy (non-hydrogen) atoms. The smallest absolute Gasteiger partial charge is 0.407 e. The number of nitrogens with one attached hydrogen (secondary N) is 1. The number of nitrogens with zero attached hydrogens (tertiary/aromatic N) is 1. The van der Waals surface area contributed by atoms with E-state index in [0.717, 1.165) is 0 Å². The maximum atomic E-state index is 13.3. The van der Waals surface area contributed by atoms with Crippen molar-refractivity contribution in [3.05, 3.63) is 0 Å². The number of carbonyl (C=O) groups excluding carboxylic acids is 2. The first kappa shape index (κ1) is 19.1. The van der Waals surface area contributed by atoms with E-state index in [0.29, 0.717) is 6.61 Å². The van der Waals surface area contributed by atoms with Gasteiger partial charge in [-0.25, -0.2) is 13.6 Å². The Morgan fingerprint density at radius 2 is 2.14 bits per heavy atom. The molecule has 0 aromatic carbocycles. The van der Waals surface area contributed by atoms with Gasteiger partial charge in [-0.15, -0.1) is 0 Å². The van der Waals surface area contributed by atoms with Crippen molar-refractivity contribution in [3.63, 3.8) is 0 Å². The third-order valence-electron chi connectivity index (χ3n) is 3.42. The average molecular weight is 385 g/mol. The van der Waals surface area contributed by atoms with Crippen LogP contribution in [0.4, 0.5) is 13.6 Å². The number of ether oxygens (including phenoxy) is 1. The monoisotopic (exact) mass is 384 g/mol. The van der Waals surface area contributed by atoms with Crippen LogP contribution < -0.4 is 5.32 Å². The fourth-order valence-corrected chi connectivity index (χ4v) is 2.67. The second-order valence-electron chi connectivity index (χ2n) is 5.89. The fraction of sp³-hybridized carbons (Fsp3) is 0.857. The van der Waals surface area contributed by atoms with Gasteiger partial charge >= 0.3 is 6.09 Å². The Hall–Kier alpha value is -0.920. The Bertz CT molecular complexity index is 394. The van der Waals surface area contributed by atoms with Crippen LogP contribution in [-0.4, -0.2) is 53.9 Å². The lowest BCUT2D eigenvalue weighted by Gasteiger charge is -2.28. The minimum absolute atomic E-state index is 0.0763. The molecule has 0 radical (unpaired) electrons. The van der Waals surface area contributed by atoms with Gasteiger partial charge in [0.2, 0.25) is 11.8 Å². The number of amides is 2. The number of carbonyl (C=O) groups is 2. The van der Waals surface area contributed by atoms with E-state index in [1.54, 1.807) is 0 Å². The molecule has 1 fully saturated rings. The van der Waals surface area contributed by atoms with Crippen molar-refractivity contribution in [2.45, 2.75) is 45.1 Å². The van der Waals surface area contributed by atoms with E-state index in [1.807, 2.05) is 13.8 Å². The molecule has 0 bridgehead atoms. The van der Waals surface area contributed by atoms with Gasteiger partial charge in [-0.1, -0.05) is 29.8 Å². The van der Waals surface area contributed by atoms with Crippen LogP contribution in [-0.2, 0) is 9.53 Å². The molecule has 0 aliphatic heterocycles. The second kappa shape index (κ2) is 8.64. The summed E-state index contributed by atoms with van der Waals surface area (Å²) in [6, 6.07) is -0.478. The van der Waals surface area contributed by atoms with Crippen LogP contribution in [0.15, 0.2) is 0 Å². The zero-order valence-electron chi connectivity index (χ0n) is 12.9. The molecular weight excluding hydrogens is 362 g/mol. The Morgan fingerprint density at radius 3 is 2.64 bits per heavy atom. The molecule has 8 heteroatoms. The minimum atomic E-state index is -2.71. The van der Waals surface area contributed by atoms with Crippen LogP contribution in [0.1, 0.15) is 33.1 Å². The fourth-order valence-electron chi connectivity index (χ4n) is 2.35. The highest BCUT2D eigenvalue weighted by molar-refractivity contribution is 9.09. The van der Waals surface area contributed by atoms with Crippen LogP contribution >= 0.6 is 15.9 Å². The summed E-state index contributed by atoms with van der Waals surface area (Å²) >= 11 is 3.06. The molecule has 0 saturated heterocycles. The summed E-state index contributed by atoms with van der Waals surface area (Å²) in [6.07, 6.45) is -0.794. The van der Waals surface area contributed by atoms with E-state index < -0.39 is 18.1 Å². The average Bonchev–Trinajstić information content (AvgIpc) is 2.80. The van der Waals surface area contributed by atoms with Crippen molar-refractivity contribution in [1.29, 1.82) is 0 Å². The van der Waals surface area contributed by atoms with Crippen LogP contribution in [0.3, 0.4) is 0 Å². The van der Waals surface area contributed by atoms with Crippen molar-refractivity contribution in [3.8, 4) is 0 Å². The predicted molar refractivity (Wildman–Crippen MR) is 82.3 cm³/mol. The molecule has 0 aromatic heterocycles. The number of alkyl halides is 3. The minimum Gasteiger partial charge on any atom is -0.449 e. The summed E-state index contributed by atoms with van der Waals surface area (Å²) in [6.45, 7) is 4.53. The van der Waals surface area contributed by atoms with Gasteiger partial charge in [0.15, 0.2) is 0 Å². The summed E-state index contributed by atoms with van der Waals surface area (Å²) in [5, 5.41) is 2.61. The van der Waals surface area contributed by atoms with E-state index in [9.17, 15) is 18.4 Å². The normalized spacial score (nSPS) is 20.0. The highest BCUT2D eigenvalue weighted by Crippen LogP contribution is 2.37. The zero-order chi connectivity index (χ0) is 16.8. The highest BCUT2D eigenvalue weighted by Gasteiger charge is 2.42. The number of halogens is 3. The van der Waals surface area contributed by atoms with Crippen LogP contribution in [0.5, 0.6) is 0 Å². The van der Waals surface area contributed by atoms with Crippen molar-refractivity contribution in [2.75, 3.05) is 25.0 Å². The number of rotatable bonds is 7. The predicted octanol–water partition coefficient (Wildman–Crippen LogP) is 2.78. The van der Waals surface area contributed by atoms with Crippen molar-refractivity contribution >= 4 is 27.9 Å². The topological polar surface area (TPSA) is 58.6 Å². The summed E-state index contributed by atoms with van der Waals surface area (Å²) in [5.74, 6) is -2.72. The number of hydrogen-bond donors (Lipinski definition) is 1. The lowest BCUT2D eigenvalue weighted by Crippen LogP contribution is -2.45. The van der Waals surface area contributed by atoms with Crippen LogP contribution in [0, 0.1) is 5.92 Å². The van der Waals surface area contributed by atoms with Gasteiger partial charge in [0, 0.05) is 32.0 Å². The van der Waals surface area contributed by atoms with Crippen LogP contribution in [0.2, 0.25) is 0 Å². The van der Waals surface area contributed by atoms with Gasteiger partial charge in [0.05, 0.1) is 11.9 Å². The van der Waals surface area contributed by atoms with Crippen molar-refractivity contribution in [2.24, 2.45) is 5.92 Å². The third-order valence-corrected chi connectivity index (χ3v) is 3.90. The summed E-state index contributed by atoms with van der Waals surface area (Å²) < 4.78 is 31.6. The van der Waals surface area contributed by atoms with E-state index in [4.69, 9.17) is 4.74 Å². The third kappa shape index (κ3) is 6.46. The van der Waals surface area contributed by atoms with E-state index in [2.05, 4.69) is 21.2 Å². The number of hydrogen-bond acceptors (Lipinski definition) is 3. The first-order valence-corrected chi connectivity index (χ1v) is 8.51. The lowest BCUT2D eigenvalue weighted by molar-refractivity contribution is -0.130. The summed E-state index contributed by atoms with van der Waals surface area (Å²) in [7, 11) is 0. The Balaban J connectivity index is 2.43. The molecule has 1 saturated carbocycles. The standard InChI is InChI=1S/C14H23BrF2N2O3/c1-10(2)9-22-13(21)18-5-6-19(12(20)8-15)11-3-4-14(16,17)7-11/h10-11H,3-9H2,1-2H3,(H,18,21). The molecule has 0 spiro atoms. The van der Waals surface area contributed by atoms with Gasteiger partial charge < -0.3 is 15.0 Å². The first-order valence-electron chi connectivity index (χ1n) is 7.39. The van der Waals surface area contributed by atoms with E-state index >= 15 is 0 Å². The maximum Gasteiger partial charge on any atom is 0.407 e. The van der Waals surface area contributed by atoms with Gasteiger partial charge in [-0.3, -0.25) is 4.79 Å². The quantitative estimate of drug-likeness (QED) is 0.686. The molecule has 1 atom stereocenters. The molecule has 1 unspecified atom stereocenters. The molecular formula is C14H23BrF2N2O3. The summed E-state index contributed by atoms with van der Waals surface area (Å²) in [4.78, 5) is 24.7. The molecule has 5 nitrogen and oxygen atoms in total. The lowest BCUT2D eigenvalue weighted by atomic mass is 10.2. The zero-order valence-corrected chi connectivity index (χ0v) is 14.5. The van der Waals surface area contributed by atoms with E-state index in [1.165, 1.54) is 4.90 Å². The van der Waals surface area contributed by atoms with Gasteiger partial charge in [-0.2, -0.15) is 0 Å². The maximum absolute atomic E-state index is 13.3. The van der Waals surface area contributed by atoms with Gasteiger partial charge in [0.1, 0.15) is 0 Å². The van der Waals surface area contributed by atoms with Gasteiger partial charge in [-0.05, 0) is 12.3 Å². The Labute approximate surface area is 137 Å². The Kier molecular flexibility index (Phi) is 7.52. The molecule has 0 heterocycles. The van der Waals surface area contributed by atoms with Crippen molar-refractivity contribution in [1.82, 2.24) is 10.2 Å². The number of alkyl carbamates (subject to hydrolysis) is 1. The molecule has 1 rings (SSSR count). The second-order valence-corrected chi connectivity index (χ2v) is 6.45. The summed E-state index contributed by atoms with van der Waals surface area (Å²) in [5.41, 5.74) is 0. The van der Waals surface area contributed by atoms with Gasteiger partial charge in [0.25, 0.3) is 0 Å². The van der Waals surface area contributed by atoms with Crippen LogP contribution in [0.25, 0.3) is 0 Å². The first-order chi connectivity index (χ1) is 10.2. The largest absolute Gasteiger partial charge is 0.449 e. The molecule has 2 amide bonds. The van der Waals surface area contributed by atoms with E-state index in [-0.39, 0.29) is 49.5 Å². The van der Waals surface area contributed by atoms with Crippen molar-refractivity contribution < 1.29 is 23.1 Å². The highest BCUT2D eigenvalue weighted by atomic mass is 79.9. The molecule has 0 aromatic rings. The SMILES string of the molecule is CC(C)COC(=O)NCCN(C(=O)CBr)C1CCC(F)(F)C1. The molecule has 1 aliphatic carbocycles. The molecule has 1 N–H and O–H groups in total. The molecule has 128 valence electrons.